The summed E-state index contributed by atoms with van der Waals surface area (Å²) in [6.45, 7) is 1.91. The molecule has 0 aromatic carbocycles. The fourth-order valence-corrected chi connectivity index (χ4v) is 3.25. The van der Waals surface area contributed by atoms with Gasteiger partial charge in [-0.15, -0.1) is 0 Å². The van der Waals surface area contributed by atoms with Crippen LogP contribution in [-0.2, 0) is 6.42 Å². The highest BCUT2D eigenvalue weighted by Gasteiger charge is 2.37. The van der Waals surface area contributed by atoms with E-state index in [9.17, 15) is 4.79 Å². The Morgan fingerprint density at radius 2 is 2.42 bits per heavy atom. The molecule has 2 saturated heterocycles. The molecule has 0 aliphatic carbocycles. The second-order valence-electron chi connectivity index (χ2n) is 5.34. The molecule has 2 N–H and O–H groups in total. The summed E-state index contributed by atoms with van der Waals surface area (Å²) in [6, 6.07) is 1.24. The third-order valence-corrected chi connectivity index (χ3v) is 4.22. The van der Waals surface area contributed by atoms with Gasteiger partial charge >= 0.3 is 5.97 Å². The van der Waals surface area contributed by atoms with Crippen LogP contribution in [0.25, 0.3) is 6.08 Å². The van der Waals surface area contributed by atoms with Crippen molar-refractivity contribution in [2.24, 2.45) is 5.92 Å². The molecule has 2 aliphatic heterocycles. The molecule has 5 nitrogen and oxygen atoms in total. The zero-order valence-electron chi connectivity index (χ0n) is 10.9. The molecule has 19 heavy (non-hydrogen) atoms. The number of rotatable bonds is 4. The highest BCUT2D eigenvalue weighted by Crippen LogP contribution is 2.34. The Kier molecular flexibility index (Phi) is 3.14. The van der Waals surface area contributed by atoms with Gasteiger partial charge in [0.05, 0.1) is 0 Å². The fourth-order valence-electron chi connectivity index (χ4n) is 3.25. The van der Waals surface area contributed by atoms with Crippen molar-refractivity contribution < 1.29 is 14.4 Å². The van der Waals surface area contributed by atoms with Crippen LogP contribution in [0.5, 0.6) is 0 Å². The number of aromatic carboxylic acids is 1. The minimum absolute atomic E-state index is 0.0354. The minimum Gasteiger partial charge on any atom is -0.476 e. The maximum Gasteiger partial charge on any atom is 0.358 e. The average Bonchev–Trinajstić information content (AvgIpc) is 3.09. The maximum absolute atomic E-state index is 11.0. The molecule has 0 radical (unpaired) electrons. The Morgan fingerprint density at radius 3 is 3.00 bits per heavy atom. The maximum atomic E-state index is 11.0. The quantitative estimate of drug-likeness (QED) is 0.869. The first-order valence-corrected chi connectivity index (χ1v) is 6.85. The SMILES string of the molecule is CCc1c(C(=O)O)noc1C=CC1CC2CCC1N2. The summed E-state index contributed by atoms with van der Waals surface area (Å²) < 4.78 is 5.15. The normalized spacial score (nSPS) is 29.4. The van der Waals surface area contributed by atoms with E-state index in [0.717, 1.165) is 0 Å². The van der Waals surface area contributed by atoms with Crippen LogP contribution in [-0.4, -0.2) is 28.3 Å². The van der Waals surface area contributed by atoms with E-state index in [-0.39, 0.29) is 5.69 Å². The molecule has 3 unspecified atom stereocenters. The van der Waals surface area contributed by atoms with Crippen LogP contribution >= 0.6 is 0 Å². The molecule has 3 heterocycles. The van der Waals surface area contributed by atoms with Gasteiger partial charge in [-0.25, -0.2) is 4.79 Å². The molecule has 3 rings (SSSR count). The number of hydrogen-bond acceptors (Lipinski definition) is 4. The molecule has 1 aromatic rings. The lowest BCUT2D eigenvalue weighted by atomic mass is 9.89. The Hall–Kier alpha value is -1.62. The van der Waals surface area contributed by atoms with Gasteiger partial charge < -0.3 is 14.9 Å². The van der Waals surface area contributed by atoms with E-state index >= 15 is 0 Å². The highest BCUT2D eigenvalue weighted by molar-refractivity contribution is 5.87. The predicted octanol–water partition coefficient (Wildman–Crippen LogP) is 2.09. The first-order chi connectivity index (χ1) is 9.19. The molecule has 0 amide bonds. The zero-order chi connectivity index (χ0) is 13.4. The second-order valence-corrected chi connectivity index (χ2v) is 5.34. The van der Waals surface area contributed by atoms with Gasteiger partial charge in [-0.2, -0.15) is 0 Å². The van der Waals surface area contributed by atoms with Gasteiger partial charge in [0.15, 0.2) is 11.5 Å². The smallest absolute Gasteiger partial charge is 0.358 e. The van der Waals surface area contributed by atoms with Crippen molar-refractivity contribution in [2.45, 2.75) is 44.7 Å². The van der Waals surface area contributed by atoms with Crippen molar-refractivity contribution in [1.29, 1.82) is 0 Å². The molecule has 1 aromatic heterocycles. The Balaban J connectivity index is 1.78. The van der Waals surface area contributed by atoms with Gasteiger partial charge in [-0.05, 0) is 37.7 Å². The second kappa shape index (κ2) is 4.81. The molecule has 2 fully saturated rings. The van der Waals surface area contributed by atoms with Crippen molar-refractivity contribution in [2.75, 3.05) is 0 Å². The number of fused-ring (bicyclic) bond motifs is 2. The minimum atomic E-state index is -1.03. The molecule has 102 valence electrons. The average molecular weight is 262 g/mol. The van der Waals surface area contributed by atoms with Crippen molar-refractivity contribution in [3.63, 3.8) is 0 Å². The number of carboxylic acid groups (broad SMARTS) is 1. The summed E-state index contributed by atoms with van der Waals surface area (Å²) in [5.74, 6) is 0.0892. The summed E-state index contributed by atoms with van der Waals surface area (Å²) in [7, 11) is 0. The summed E-state index contributed by atoms with van der Waals surface area (Å²) in [4.78, 5) is 11.0. The molecule has 3 atom stereocenters. The van der Waals surface area contributed by atoms with Gasteiger partial charge in [-0.3, -0.25) is 0 Å². The van der Waals surface area contributed by atoms with Crippen LogP contribution in [0.2, 0.25) is 0 Å². The van der Waals surface area contributed by atoms with Crippen LogP contribution in [0.15, 0.2) is 10.6 Å². The van der Waals surface area contributed by atoms with E-state index < -0.39 is 5.97 Å². The highest BCUT2D eigenvalue weighted by atomic mass is 16.5. The van der Waals surface area contributed by atoms with E-state index in [1.54, 1.807) is 0 Å². The topological polar surface area (TPSA) is 75.4 Å². The lowest BCUT2D eigenvalue weighted by molar-refractivity contribution is 0.0684. The number of aromatic nitrogens is 1. The van der Waals surface area contributed by atoms with Crippen LogP contribution in [0.1, 0.15) is 48.0 Å². The van der Waals surface area contributed by atoms with Gasteiger partial charge in [0, 0.05) is 17.6 Å². The standard InChI is InChI=1S/C14H18N2O3/c1-2-10-12(19-16-13(10)14(17)18)6-3-8-7-9-4-5-11(8)15-9/h3,6,8-9,11,15H,2,4-5,7H2,1H3,(H,17,18). The lowest BCUT2D eigenvalue weighted by Gasteiger charge is -2.15. The summed E-state index contributed by atoms with van der Waals surface area (Å²) in [6.07, 6.45) is 8.33. The number of carbonyl (C=O) groups is 1. The third kappa shape index (κ3) is 2.18. The van der Waals surface area contributed by atoms with E-state index in [2.05, 4.69) is 16.5 Å². The first-order valence-electron chi connectivity index (χ1n) is 6.85. The third-order valence-electron chi connectivity index (χ3n) is 4.22. The monoisotopic (exact) mass is 262 g/mol. The molecule has 5 heteroatoms. The predicted molar refractivity (Wildman–Crippen MR) is 69.9 cm³/mol. The molecule has 0 spiro atoms. The van der Waals surface area contributed by atoms with Gasteiger partial charge in [0.25, 0.3) is 0 Å². The van der Waals surface area contributed by atoms with E-state index in [1.165, 1.54) is 19.3 Å². The fraction of sp³-hybridized carbons (Fsp3) is 0.571. The van der Waals surface area contributed by atoms with Crippen molar-refractivity contribution in [3.05, 3.63) is 23.1 Å². The zero-order valence-corrected chi connectivity index (χ0v) is 10.9. The van der Waals surface area contributed by atoms with E-state index in [0.29, 0.717) is 35.7 Å². The summed E-state index contributed by atoms with van der Waals surface area (Å²) in [5.41, 5.74) is 0.716. The van der Waals surface area contributed by atoms with E-state index in [1.807, 2.05) is 13.0 Å². The van der Waals surface area contributed by atoms with Crippen molar-refractivity contribution in [3.8, 4) is 0 Å². The molecule has 2 bridgehead atoms. The van der Waals surface area contributed by atoms with Crippen molar-refractivity contribution >= 4 is 12.0 Å². The number of hydrogen-bond donors (Lipinski definition) is 2. The van der Waals surface area contributed by atoms with Crippen LogP contribution in [0.4, 0.5) is 0 Å². The summed E-state index contributed by atoms with van der Waals surface area (Å²) in [5, 5.41) is 16.2. The van der Waals surface area contributed by atoms with Crippen LogP contribution in [0, 0.1) is 5.92 Å². The molecule has 0 saturated carbocycles. The van der Waals surface area contributed by atoms with Crippen LogP contribution in [0.3, 0.4) is 0 Å². The Bertz CT molecular complexity index is 521. The van der Waals surface area contributed by atoms with Gasteiger partial charge in [0.2, 0.25) is 0 Å². The Morgan fingerprint density at radius 1 is 1.58 bits per heavy atom. The van der Waals surface area contributed by atoms with E-state index in [4.69, 9.17) is 9.63 Å². The number of nitrogens with one attached hydrogen (secondary N) is 1. The number of nitrogens with zero attached hydrogens (tertiary/aromatic N) is 1. The lowest BCUT2D eigenvalue weighted by Crippen LogP contribution is -2.21. The number of carboxylic acids is 1. The van der Waals surface area contributed by atoms with Crippen LogP contribution < -0.4 is 5.32 Å². The molecule has 2 aliphatic rings. The molecular formula is C14H18N2O3. The Labute approximate surface area is 111 Å². The van der Waals surface area contributed by atoms with Gasteiger partial charge in [-0.1, -0.05) is 18.2 Å². The first kappa shape index (κ1) is 12.4. The summed E-state index contributed by atoms with van der Waals surface area (Å²) >= 11 is 0. The largest absolute Gasteiger partial charge is 0.476 e. The van der Waals surface area contributed by atoms with Crippen molar-refractivity contribution in [1.82, 2.24) is 10.5 Å². The van der Waals surface area contributed by atoms with Gasteiger partial charge in [0.1, 0.15) is 0 Å². The molecular weight excluding hydrogens is 244 g/mol.